The normalized spacial score (nSPS) is 11.4. The Morgan fingerprint density at radius 2 is 1.13 bits per heavy atom. The predicted octanol–water partition coefficient (Wildman–Crippen LogP) is 6.51. The van der Waals surface area contributed by atoms with Crippen molar-refractivity contribution in [1.29, 1.82) is 0 Å². The smallest absolute Gasteiger partial charge is 0.416 e. The summed E-state index contributed by atoms with van der Waals surface area (Å²) < 4.78 is 39.6. The summed E-state index contributed by atoms with van der Waals surface area (Å²) in [6.45, 7) is 0. The van der Waals surface area contributed by atoms with E-state index in [-0.39, 0.29) is 11.5 Å². The van der Waals surface area contributed by atoms with Crippen LogP contribution in [-0.4, -0.2) is 15.2 Å². The molecule has 30 heavy (non-hydrogen) atoms. The average Bonchev–Trinajstić information content (AvgIpc) is 2.73. The van der Waals surface area contributed by atoms with Gasteiger partial charge in [0.2, 0.25) is 0 Å². The third kappa shape index (κ3) is 3.85. The maximum Gasteiger partial charge on any atom is 0.416 e. The van der Waals surface area contributed by atoms with E-state index >= 15 is 0 Å². The monoisotopic (exact) mass is 407 g/mol. The van der Waals surface area contributed by atoms with Gasteiger partial charge in [0.1, 0.15) is 11.5 Å². The lowest BCUT2D eigenvalue weighted by atomic mass is 9.98. The zero-order valence-corrected chi connectivity index (χ0v) is 15.6. The Morgan fingerprint density at radius 1 is 0.600 bits per heavy atom. The average molecular weight is 407 g/mol. The van der Waals surface area contributed by atoms with Crippen molar-refractivity contribution in [1.82, 2.24) is 4.98 Å². The number of phenols is 2. The molecule has 0 amide bonds. The lowest BCUT2D eigenvalue weighted by molar-refractivity contribution is -0.137. The molecule has 0 saturated carbocycles. The van der Waals surface area contributed by atoms with Gasteiger partial charge in [-0.1, -0.05) is 36.4 Å². The van der Waals surface area contributed by atoms with Gasteiger partial charge < -0.3 is 10.2 Å². The fourth-order valence-electron chi connectivity index (χ4n) is 3.23. The third-order valence-corrected chi connectivity index (χ3v) is 4.71. The summed E-state index contributed by atoms with van der Waals surface area (Å²) >= 11 is 0. The molecule has 2 N–H and O–H groups in total. The maximum atomic E-state index is 13.2. The van der Waals surface area contributed by atoms with Gasteiger partial charge in [0.15, 0.2) is 0 Å². The van der Waals surface area contributed by atoms with Crippen LogP contribution in [0.25, 0.3) is 33.6 Å². The first-order valence-electron chi connectivity index (χ1n) is 9.09. The second-order valence-electron chi connectivity index (χ2n) is 6.74. The van der Waals surface area contributed by atoms with Crippen molar-refractivity contribution in [2.75, 3.05) is 0 Å². The number of halogens is 3. The molecule has 0 radical (unpaired) electrons. The molecule has 0 unspecified atom stereocenters. The Labute approximate surface area is 170 Å². The molecular formula is C24H16F3NO2. The first-order chi connectivity index (χ1) is 14.3. The molecule has 0 aliphatic carbocycles. The molecule has 1 aromatic heterocycles. The summed E-state index contributed by atoms with van der Waals surface area (Å²) in [5.41, 5.74) is 1.69. The molecule has 6 heteroatoms. The van der Waals surface area contributed by atoms with Crippen molar-refractivity contribution in [3.05, 3.63) is 90.5 Å². The molecule has 3 aromatic carbocycles. The number of pyridine rings is 1. The second-order valence-corrected chi connectivity index (χ2v) is 6.74. The number of aromatic hydroxyl groups is 2. The number of phenolic OH excluding ortho intramolecular Hbond substituents is 2. The van der Waals surface area contributed by atoms with Crippen LogP contribution in [0, 0.1) is 0 Å². The molecule has 1 heterocycles. The summed E-state index contributed by atoms with van der Waals surface area (Å²) in [5.74, 6) is -0.0103. The summed E-state index contributed by atoms with van der Waals surface area (Å²) in [7, 11) is 0. The first-order valence-corrected chi connectivity index (χ1v) is 9.09. The van der Waals surface area contributed by atoms with E-state index < -0.39 is 11.7 Å². The Kier molecular flexibility index (Phi) is 4.91. The molecular weight excluding hydrogens is 391 g/mol. The minimum atomic E-state index is -4.47. The van der Waals surface area contributed by atoms with Gasteiger partial charge in [0.05, 0.1) is 17.0 Å². The van der Waals surface area contributed by atoms with Crippen LogP contribution in [0.15, 0.2) is 84.9 Å². The topological polar surface area (TPSA) is 53.4 Å². The van der Waals surface area contributed by atoms with Crippen molar-refractivity contribution in [3.63, 3.8) is 0 Å². The van der Waals surface area contributed by atoms with Gasteiger partial charge in [-0.25, -0.2) is 4.98 Å². The third-order valence-electron chi connectivity index (χ3n) is 4.71. The molecule has 0 atom stereocenters. The Hall–Kier alpha value is -3.80. The van der Waals surface area contributed by atoms with Gasteiger partial charge in [-0.3, -0.25) is 0 Å². The molecule has 0 aliphatic rings. The van der Waals surface area contributed by atoms with Crippen LogP contribution in [0.2, 0.25) is 0 Å². The summed E-state index contributed by atoms with van der Waals surface area (Å²) in [6.07, 6.45) is -4.47. The fourth-order valence-corrected chi connectivity index (χ4v) is 3.23. The second kappa shape index (κ2) is 7.55. The van der Waals surface area contributed by atoms with Crippen LogP contribution in [0.5, 0.6) is 11.5 Å². The number of aromatic nitrogens is 1. The molecule has 4 rings (SSSR count). The van der Waals surface area contributed by atoms with E-state index in [1.807, 2.05) is 0 Å². The number of hydrogen-bond donors (Lipinski definition) is 2. The number of rotatable bonds is 3. The van der Waals surface area contributed by atoms with Crippen molar-refractivity contribution in [2.24, 2.45) is 0 Å². The highest BCUT2D eigenvalue weighted by atomic mass is 19.4. The molecule has 0 aliphatic heterocycles. The van der Waals surface area contributed by atoms with Crippen LogP contribution >= 0.6 is 0 Å². The van der Waals surface area contributed by atoms with Gasteiger partial charge in [-0.05, 0) is 59.7 Å². The number of para-hydroxylation sites is 2. The largest absolute Gasteiger partial charge is 0.507 e. The van der Waals surface area contributed by atoms with Gasteiger partial charge in [-0.15, -0.1) is 0 Å². The van der Waals surface area contributed by atoms with E-state index in [1.54, 1.807) is 54.6 Å². The van der Waals surface area contributed by atoms with Crippen LogP contribution in [0.1, 0.15) is 5.56 Å². The molecule has 4 aromatic rings. The SMILES string of the molecule is Oc1ccccc1-c1cc(-c2cccc(C(F)(F)F)c2)cc(-c2ccccc2O)n1. The number of hydrogen-bond acceptors (Lipinski definition) is 3. The van der Waals surface area contributed by atoms with E-state index in [9.17, 15) is 23.4 Å². The summed E-state index contributed by atoms with van der Waals surface area (Å²) in [4.78, 5) is 4.55. The lowest BCUT2D eigenvalue weighted by Gasteiger charge is -2.13. The van der Waals surface area contributed by atoms with Gasteiger partial charge in [0, 0.05) is 11.1 Å². The highest BCUT2D eigenvalue weighted by Crippen LogP contribution is 2.37. The molecule has 0 spiro atoms. The lowest BCUT2D eigenvalue weighted by Crippen LogP contribution is -2.04. The number of nitrogens with zero attached hydrogens (tertiary/aromatic N) is 1. The summed E-state index contributed by atoms with van der Waals surface area (Å²) in [6, 6.07) is 21.4. The van der Waals surface area contributed by atoms with E-state index in [1.165, 1.54) is 18.2 Å². The van der Waals surface area contributed by atoms with Crippen molar-refractivity contribution >= 4 is 0 Å². The van der Waals surface area contributed by atoms with E-state index in [2.05, 4.69) is 4.98 Å². The number of alkyl halides is 3. The molecule has 0 bridgehead atoms. The molecule has 0 fully saturated rings. The minimum absolute atomic E-state index is 0.00516. The van der Waals surface area contributed by atoms with Gasteiger partial charge >= 0.3 is 6.18 Å². The first kappa shape index (κ1) is 19.5. The van der Waals surface area contributed by atoms with Crippen molar-refractivity contribution < 1.29 is 23.4 Å². The maximum absolute atomic E-state index is 13.2. The molecule has 0 saturated heterocycles. The fraction of sp³-hybridized carbons (Fsp3) is 0.0417. The highest BCUT2D eigenvalue weighted by Gasteiger charge is 2.30. The summed E-state index contributed by atoms with van der Waals surface area (Å²) in [5, 5.41) is 20.5. The number of benzene rings is 3. The van der Waals surface area contributed by atoms with Crippen molar-refractivity contribution in [3.8, 4) is 45.1 Å². The van der Waals surface area contributed by atoms with Crippen LogP contribution in [0.4, 0.5) is 13.2 Å². The zero-order chi connectivity index (χ0) is 21.3. The van der Waals surface area contributed by atoms with E-state index in [0.29, 0.717) is 33.6 Å². The van der Waals surface area contributed by atoms with Gasteiger partial charge in [0.25, 0.3) is 0 Å². The highest BCUT2D eigenvalue weighted by molar-refractivity contribution is 5.80. The van der Waals surface area contributed by atoms with E-state index in [4.69, 9.17) is 0 Å². The Morgan fingerprint density at radius 3 is 1.63 bits per heavy atom. The van der Waals surface area contributed by atoms with Crippen LogP contribution in [0.3, 0.4) is 0 Å². The minimum Gasteiger partial charge on any atom is -0.507 e. The molecule has 3 nitrogen and oxygen atoms in total. The Bertz CT molecular complexity index is 1160. The van der Waals surface area contributed by atoms with Crippen LogP contribution in [-0.2, 0) is 6.18 Å². The predicted molar refractivity (Wildman–Crippen MR) is 109 cm³/mol. The van der Waals surface area contributed by atoms with Crippen molar-refractivity contribution in [2.45, 2.75) is 6.18 Å². The zero-order valence-electron chi connectivity index (χ0n) is 15.6. The van der Waals surface area contributed by atoms with Gasteiger partial charge in [-0.2, -0.15) is 13.2 Å². The van der Waals surface area contributed by atoms with E-state index in [0.717, 1.165) is 12.1 Å². The standard InChI is InChI=1S/C24H16F3NO2/c25-24(26,27)17-7-5-6-15(12-17)16-13-20(18-8-1-3-10-22(18)29)28-21(14-16)19-9-2-4-11-23(19)30/h1-14,29-30H. The Balaban J connectivity index is 1.95. The quantitative estimate of drug-likeness (QED) is 0.407. The molecule has 150 valence electrons. The van der Waals surface area contributed by atoms with Crippen LogP contribution < -0.4 is 0 Å².